The lowest BCUT2D eigenvalue weighted by atomic mass is 10.1. The summed E-state index contributed by atoms with van der Waals surface area (Å²) in [5.74, 6) is 0.537. The summed E-state index contributed by atoms with van der Waals surface area (Å²) in [6.07, 6.45) is 6.15. The summed E-state index contributed by atoms with van der Waals surface area (Å²) in [6, 6.07) is 14.9. The normalized spacial score (nSPS) is 11.9. The maximum Gasteiger partial charge on any atom is 0.251 e. The minimum absolute atomic E-state index is 0.128. The van der Waals surface area contributed by atoms with E-state index < -0.39 is 0 Å². The molecule has 4 rings (SSSR count). The summed E-state index contributed by atoms with van der Waals surface area (Å²) in [4.78, 5) is 20.3. The highest BCUT2D eigenvalue weighted by Crippen LogP contribution is 2.20. The van der Waals surface area contributed by atoms with E-state index in [1.54, 1.807) is 29.3 Å². The number of carbonyl (C=O) groups excluding carboxylic acids is 1. The van der Waals surface area contributed by atoms with Crippen molar-refractivity contribution in [3.63, 3.8) is 0 Å². The summed E-state index contributed by atoms with van der Waals surface area (Å²) in [5, 5.41) is 7.11. The zero-order chi connectivity index (χ0) is 18.6. The van der Waals surface area contributed by atoms with Gasteiger partial charge in [0, 0.05) is 11.1 Å². The number of hydrogen-bond donors (Lipinski definition) is 1. The highest BCUT2D eigenvalue weighted by atomic mass is 16.3. The third-order valence-corrected chi connectivity index (χ3v) is 4.29. The van der Waals surface area contributed by atoms with E-state index in [1.807, 2.05) is 43.3 Å². The Labute approximate surface area is 155 Å². The van der Waals surface area contributed by atoms with Crippen molar-refractivity contribution in [2.24, 2.45) is 0 Å². The number of oxazole rings is 1. The zero-order valence-electron chi connectivity index (χ0n) is 14.6. The van der Waals surface area contributed by atoms with Gasteiger partial charge in [-0.3, -0.25) is 4.79 Å². The molecule has 7 nitrogen and oxygen atoms in total. The highest BCUT2D eigenvalue weighted by Gasteiger charge is 2.12. The van der Waals surface area contributed by atoms with Crippen LogP contribution in [0.5, 0.6) is 0 Å². The Morgan fingerprint density at radius 2 is 1.85 bits per heavy atom. The molecule has 2 aromatic carbocycles. The van der Waals surface area contributed by atoms with E-state index >= 15 is 0 Å². The summed E-state index contributed by atoms with van der Waals surface area (Å²) in [6.45, 7) is 1.95. The van der Waals surface area contributed by atoms with Gasteiger partial charge >= 0.3 is 0 Å². The first-order chi connectivity index (χ1) is 13.2. The molecule has 0 spiro atoms. The molecule has 2 heterocycles. The Morgan fingerprint density at radius 3 is 2.48 bits per heavy atom. The van der Waals surface area contributed by atoms with Gasteiger partial charge in [0.25, 0.3) is 5.91 Å². The molecule has 0 aliphatic heterocycles. The lowest BCUT2D eigenvalue weighted by Gasteiger charge is -2.15. The van der Waals surface area contributed by atoms with Gasteiger partial charge in [-0.25, -0.2) is 14.6 Å². The maximum atomic E-state index is 12.5. The maximum absolute atomic E-state index is 12.5. The van der Waals surface area contributed by atoms with Crippen LogP contribution in [0.4, 0.5) is 0 Å². The number of carbonyl (C=O) groups is 1. The van der Waals surface area contributed by atoms with Crippen molar-refractivity contribution >= 4 is 5.91 Å². The number of aromatic nitrogens is 4. The van der Waals surface area contributed by atoms with Gasteiger partial charge in [0.2, 0.25) is 0 Å². The van der Waals surface area contributed by atoms with Crippen LogP contribution in [0, 0.1) is 0 Å². The van der Waals surface area contributed by atoms with Crippen LogP contribution in [-0.2, 0) is 0 Å². The van der Waals surface area contributed by atoms with Gasteiger partial charge in [0.15, 0.2) is 12.2 Å². The van der Waals surface area contributed by atoms with Gasteiger partial charge in [-0.1, -0.05) is 24.3 Å². The molecule has 0 saturated heterocycles. The summed E-state index contributed by atoms with van der Waals surface area (Å²) in [7, 11) is 0. The molecular weight excluding hydrogens is 342 g/mol. The van der Waals surface area contributed by atoms with Gasteiger partial charge < -0.3 is 9.73 Å². The van der Waals surface area contributed by atoms with Crippen LogP contribution < -0.4 is 5.32 Å². The largest absolute Gasteiger partial charge is 0.444 e. The van der Waals surface area contributed by atoms with Crippen LogP contribution in [0.3, 0.4) is 0 Å². The summed E-state index contributed by atoms with van der Waals surface area (Å²) in [5.41, 5.74) is 3.38. The van der Waals surface area contributed by atoms with Crippen molar-refractivity contribution in [2.45, 2.75) is 13.0 Å². The predicted molar refractivity (Wildman–Crippen MR) is 99.2 cm³/mol. The van der Waals surface area contributed by atoms with E-state index in [0.29, 0.717) is 11.3 Å². The first-order valence-electron chi connectivity index (χ1n) is 8.45. The fourth-order valence-electron chi connectivity index (χ4n) is 2.76. The predicted octanol–water partition coefficient (Wildman–Crippen LogP) is 3.41. The number of amides is 1. The first-order valence-corrected chi connectivity index (χ1v) is 8.45. The third kappa shape index (κ3) is 3.62. The number of rotatable bonds is 5. The quantitative estimate of drug-likeness (QED) is 0.590. The smallest absolute Gasteiger partial charge is 0.251 e. The van der Waals surface area contributed by atoms with Crippen LogP contribution in [0.15, 0.2) is 78.2 Å². The second kappa shape index (κ2) is 7.25. The molecule has 0 bridgehead atoms. The van der Waals surface area contributed by atoms with Crippen LogP contribution in [0.1, 0.15) is 28.9 Å². The van der Waals surface area contributed by atoms with Gasteiger partial charge in [0.1, 0.15) is 12.7 Å². The second-order valence-electron chi connectivity index (χ2n) is 6.07. The van der Waals surface area contributed by atoms with Crippen molar-refractivity contribution in [3.8, 4) is 17.0 Å². The van der Waals surface area contributed by atoms with E-state index in [4.69, 9.17) is 4.42 Å². The molecule has 1 N–H and O–H groups in total. The molecule has 4 aromatic rings. The zero-order valence-corrected chi connectivity index (χ0v) is 14.6. The monoisotopic (exact) mass is 359 g/mol. The average molecular weight is 359 g/mol. The highest BCUT2D eigenvalue weighted by molar-refractivity contribution is 5.94. The second-order valence-corrected chi connectivity index (χ2v) is 6.07. The van der Waals surface area contributed by atoms with Gasteiger partial charge in [-0.15, -0.1) is 0 Å². The average Bonchev–Trinajstić information content (AvgIpc) is 3.42. The third-order valence-electron chi connectivity index (χ3n) is 4.29. The molecule has 1 atom stereocenters. The Morgan fingerprint density at radius 1 is 1.07 bits per heavy atom. The van der Waals surface area contributed by atoms with Crippen LogP contribution >= 0.6 is 0 Å². The van der Waals surface area contributed by atoms with E-state index in [9.17, 15) is 4.79 Å². The lowest BCUT2D eigenvalue weighted by Crippen LogP contribution is -2.26. The summed E-state index contributed by atoms with van der Waals surface area (Å²) < 4.78 is 6.94. The molecule has 0 fully saturated rings. The van der Waals surface area contributed by atoms with Crippen LogP contribution in [0.25, 0.3) is 17.0 Å². The van der Waals surface area contributed by atoms with E-state index in [-0.39, 0.29) is 11.9 Å². The molecular formula is C20H17N5O2. The van der Waals surface area contributed by atoms with Crippen LogP contribution in [-0.4, -0.2) is 25.7 Å². The Hall–Kier alpha value is -3.74. The van der Waals surface area contributed by atoms with E-state index in [0.717, 1.165) is 16.8 Å². The minimum Gasteiger partial charge on any atom is -0.444 e. The Balaban J connectivity index is 1.43. The standard InChI is InChI=1S/C20H17N5O2/c1-14(15-6-8-18(9-7-15)25-12-22-11-23-25)24-20(26)17-4-2-16(3-5-17)19-10-21-13-27-19/h2-14H,1H3,(H,24,26)/t14-/m1/s1. The Kier molecular flexibility index (Phi) is 4.49. The molecule has 0 aliphatic carbocycles. The molecule has 0 unspecified atom stereocenters. The number of nitrogens with one attached hydrogen (secondary N) is 1. The van der Waals surface area contributed by atoms with Crippen molar-refractivity contribution in [1.82, 2.24) is 25.1 Å². The number of benzene rings is 2. The van der Waals surface area contributed by atoms with E-state index in [1.165, 1.54) is 12.7 Å². The first kappa shape index (κ1) is 16.7. The van der Waals surface area contributed by atoms with Crippen LogP contribution in [0.2, 0.25) is 0 Å². The van der Waals surface area contributed by atoms with Crippen molar-refractivity contribution in [3.05, 3.63) is 84.9 Å². The van der Waals surface area contributed by atoms with Crippen molar-refractivity contribution < 1.29 is 9.21 Å². The number of hydrogen-bond acceptors (Lipinski definition) is 5. The minimum atomic E-state index is -0.132. The topological polar surface area (TPSA) is 85.8 Å². The SMILES string of the molecule is C[C@@H](NC(=O)c1ccc(-c2cnco2)cc1)c1ccc(-n2cncn2)cc1. The van der Waals surface area contributed by atoms with Crippen molar-refractivity contribution in [2.75, 3.05) is 0 Å². The number of nitrogens with zero attached hydrogens (tertiary/aromatic N) is 4. The summed E-state index contributed by atoms with van der Waals surface area (Å²) >= 11 is 0. The molecule has 27 heavy (non-hydrogen) atoms. The van der Waals surface area contributed by atoms with E-state index in [2.05, 4.69) is 20.4 Å². The lowest BCUT2D eigenvalue weighted by molar-refractivity contribution is 0.0940. The van der Waals surface area contributed by atoms with Gasteiger partial charge in [0.05, 0.1) is 17.9 Å². The molecule has 1 amide bonds. The molecule has 134 valence electrons. The Bertz CT molecular complexity index is 1010. The van der Waals surface area contributed by atoms with Crippen molar-refractivity contribution in [1.29, 1.82) is 0 Å². The fraction of sp³-hybridized carbons (Fsp3) is 0.100. The van der Waals surface area contributed by atoms with Gasteiger partial charge in [-0.05, 0) is 36.8 Å². The molecule has 0 saturated carbocycles. The molecule has 2 aromatic heterocycles. The fourth-order valence-corrected chi connectivity index (χ4v) is 2.76. The molecule has 7 heteroatoms. The molecule has 0 radical (unpaired) electrons. The van der Waals surface area contributed by atoms with Gasteiger partial charge in [-0.2, -0.15) is 5.10 Å². The molecule has 0 aliphatic rings.